The van der Waals surface area contributed by atoms with Gasteiger partial charge in [-0.2, -0.15) is 0 Å². The molecule has 5 heteroatoms. The first-order valence-corrected chi connectivity index (χ1v) is 12.5. The van der Waals surface area contributed by atoms with E-state index >= 15 is 4.39 Å². The molecule has 1 aliphatic rings. The molecule has 4 aromatic carbocycles. The summed E-state index contributed by atoms with van der Waals surface area (Å²) in [6.45, 7) is -2.82. The molecule has 1 aliphatic heterocycles. The molecular formula is C28H21FNO2P. The second-order valence-electron chi connectivity index (χ2n) is 7.84. The summed E-state index contributed by atoms with van der Waals surface area (Å²) in [5, 5.41) is 5.71. The maximum absolute atomic E-state index is 15.0. The van der Waals surface area contributed by atoms with Crippen LogP contribution >= 0.6 is 6.89 Å². The molecule has 33 heavy (non-hydrogen) atoms. The van der Waals surface area contributed by atoms with Crippen molar-refractivity contribution in [2.75, 3.05) is 0 Å². The van der Waals surface area contributed by atoms with E-state index in [-0.39, 0.29) is 5.56 Å². The molecule has 0 bridgehead atoms. The van der Waals surface area contributed by atoms with Gasteiger partial charge in [0.1, 0.15) is 5.82 Å². The molecule has 0 radical (unpaired) electrons. The lowest BCUT2D eigenvalue weighted by Crippen LogP contribution is -2.35. The molecule has 0 spiro atoms. The lowest BCUT2D eigenvalue weighted by Gasteiger charge is -2.32. The van der Waals surface area contributed by atoms with Gasteiger partial charge in [-0.05, 0) is 28.9 Å². The Morgan fingerprint density at radius 1 is 0.606 bits per heavy atom. The van der Waals surface area contributed by atoms with Crippen LogP contribution in [0.2, 0.25) is 0 Å². The number of hydrogen-bond acceptors (Lipinski definition) is 2. The lowest BCUT2D eigenvalue weighted by atomic mass is 9.97. The first-order chi connectivity index (χ1) is 16.1. The average Bonchev–Trinajstić information content (AvgIpc) is 3.16. The van der Waals surface area contributed by atoms with Crippen LogP contribution < -0.4 is 21.2 Å². The highest BCUT2D eigenvalue weighted by Gasteiger charge is 2.46. The largest absolute Gasteiger partial charge is 0.292 e. The van der Waals surface area contributed by atoms with Crippen LogP contribution in [0, 0.1) is 5.82 Å². The van der Waals surface area contributed by atoms with Crippen molar-refractivity contribution in [2.24, 2.45) is 0 Å². The number of carbonyl (C=O) groups is 2. The molecule has 5 rings (SSSR count). The Balaban J connectivity index is 2.03. The highest BCUT2D eigenvalue weighted by atomic mass is 31.2. The first kappa shape index (κ1) is 21.1. The van der Waals surface area contributed by atoms with Gasteiger partial charge in [0.25, 0.3) is 5.91 Å². The summed E-state index contributed by atoms with van der Waals surface area (Å²) in [5.41, 5.74) is 0.211. The van der Waals surface area contributed by atoms with Crippen molar-refractivity contribution >= 4 is 39.9 Å². The van der Waals surface area contributed by atoms with Crippen LogP contribution in [0.3, 0.4) is 0 Å². The van der Waals surface area contributed by atoms with Crippen LogP contribution in [0.4, 0.5) is 4.39 Å². The summed E-state index contributed by atoms with van der Waals surface area (Å²) in [6.07, 6.45) is 0. The third kappa shape index (κ3) is 3.44. The Bertz CT molecular complexity index is 1280. The third-order valence-corrected chi connectivity index (χ3v) is 10.4. The van der Waals surface area contributed by atoms with Crippen molar-refractivity contribution in [3.8, 4) is 0 Å². The summed E-state index contributed by atoms with van der Waals surface area (Å²) < 4.78 is 15.0. The number of benzene rings is 4. The first-order valence-electron chi connectivity index (χ1n) is 10.7. The number of halogens is 1. The normalized spacial score (nSPS) is 16.0. The van der Waals surface area contributed by atoms with Crippen LogP contribution in [0.5, 0.6) is 0 Å². The smallest absolute Gasteiger partial charge is 0.256 e. The fourth-order valence-corrected chi connectivity index (χ4v) is 9.26. The minimum atomic E-state index is -2.82. The summed E-state index contributed by atoms with van der Waals surface area (Å²) in [7, 11) is 0. The molecule has 3 nitrogen and oxygen atoms in total. The molecule has 1 atom stereocenters. The zero-order valence-electron chi connectivity index (χ0n) is 17.7. The van der Waals surface area contributed by atoms with Gasteiger partial charge < -0.3 is 0 Å². The van der Waals surface area contributed by atoms with E-state index in [0.29, 0.717) is 5.29 Å². The van der Waals surface area contributed by atoms with Crippen molar-refractivity contribution in [2.45, 2.75) is 5.92 Å². The highest BCUT2D eigenvalue weighted by Crippen LogP contribution is 2.50. The third-order valence-electron chi connectivity index (χ3n) is 6.01. The van der Waals surface area contributed by atoms with Gasteiger partial charge in [-0.15, -0.1) is 0 Å². The Kier molecular flexibility index (Phi) is 5.53. The standard InChI is InChI=1S/C28H21FNO2P/c29-24-19-11-10-18-23(24)25-26(28(32)30-27(25)31)33(20-12-4-1-5-13-20,21-14-6-2-7-15-21)22-16-8-3-9-17-22/h1-19,25H,(H,30,31,32). The molecular weight excluding hydrogens is 432 g/mol. The molecule has 1 N–H and O–H groups in total. The Morgan fingerprint density at radius 2 is 1.03 bits per heavy atom. The predicted molar refractivity (Wildman–Crippen MR) is 132 cm³/mol. The molecule has 0 aromatic heterocycles. The summed E-state index contributed by atoms with van der Waals surface area (Å²) in [4.78, 5) is 26.8. The summed E-state index contributed by atoms with van der Waals surface area (Å²) in [5.74, 6) is -2.46. The fraction of sp³-hybridized carbons (Fsp3) is 0.0357. The fourth-order valence-electron chi connectivity index (χ4n) is 4.67. The molecule has 2 amide bonds. The highest BCUT2D eigenvalue weighted by molar-refractivity contribution is 7.96. The zero-order valence-corrected chi connectivity index (χ0v) is 18.6. The molecule has 162 valence electrons. The molecule has 1 unspecified atom stereocenters. The average molecular weight is 453 g/mol. The van der Waals surface area contributed by atoms with E-state index in [9.17, 15) is 9.59 Å². The molecule has 0 aliphatic carbocycles. The number of hydrogen-bond donors (Lipinski definition) is 1. The van der Waals surface area contributed by atoms with Gasteiger partial charge >= 0.3 is 0 Å². The molecule has 1 heterocycles. The SMILES string of the molecule is O=C1NC(=O)C(c2ccccc2F)C1=P(c1ccccc1)(c1ccccc1)c1ccccc1. The van der Waals surface area contributed by atoms with E-state index in [1.807, 2.05) is 91.0 Å². The second kappa shape index (κ2) is 8.65. The number of imide groups is 1. The molecule has 1 saturated heterocycles. The zero-order chi connectivity index (χ0) is 22.8. The molecule has 1 fully saturated rings. The topological polar surface area (TPSA) is 46.2 Å². The van der Waals surface area contributed by atoms with E-state index < -0.39 is 30.4 Å². The number of amides is 2. The number of carbonyl (C=O) groups excluding carboxylic acids is 2. The van der Waals surface area contributed by atoms with Crippen LogP contribution in [-0.2, 0) is 9.59 Å². The van der Waals surface area contributed by atoms with Crippen LogP contribution in [-0.4, -0.2) is 17.1 Å². The van der Waals surface area contributed by atoms with E-state index in [0.717, 1.165) is 15.9 Å². The Labute approximate surface area is 191 Å². The van der Waals surface area contributed by atoms with Gasteiger partial charge in [-0.1, -0.05) is 109 Å². The van der Waals surface area contributed by atoms with E-state index in [1.54, 1.807) is 18.2 Å². The van der Waals surface area contributed by atoms with Crippen molar-refractivity contribution in [3.63, 3.8) is 0 Å². The van der Waals surface area contributed by atoms with Gasteiger partial charge in [-0.3, -0.25) is 14.9 Å². The van der Waals surface area contributed by atoms with Gasteiger partial charge in [0.05, 0.1) is 5.92 Å². The van der Waals surface area contributed by atoms with Gasteiger partial charge in [-0.25, -0.2) is 4.39 Å². The summed E-state index contributed by atoms with van der Waals surface area (Å²) in [6, 6.07) is 35.5. The Hall–Kier alpha value is -3.75. The van der Waals surface area contributed by atoms with Crippen molar-refractivity contribution < 1.29 is 14.0 Å². The van der Waals surface area contributed by atoms with Crippen molar-refractivity contribution in [1.82, 2.24) is 5.32 Å². The van der Waals surface area contributed by atoms with Crippen LogP contribution in [0.25, 0.3) is 0 Å². The lowest BCUT2D eigenvalue weighted by molar-refractivity contribution is -0.124. The molecule has 4 aromatic rings. The van der Waals surface area contributed by atoms with Crippen LogP contribution in [0.15, 0.2) is 115 Å². The summed E-state index contributed by atoms with van der Waals surface area (Å²) >= 11 is 0. The van der Waals surface area contributed by atoms with Gasteiger partial charge in [0, 0.05) is 10.9 Å². The number of rotatable bonds is 4. The monoisotopic (exact) mass is 453 g/mol. The van der Waals surface area contributed by atoms with Crippen molar-refractivity contribution in [3.05, 3.63) is 127 Å². The van der Waals surface area contributed by atoms with E-state index in [2.05, 4.69) is 5.32 Å². The Morgan fingerprint density at radius 3 is 1.48 bits per heavy atom. The maximum atomic E-state index is 15.0. The van der Waals surface area contributed by atoms with Gasteiger partial charge in [0.15, 0.2) is 0 Å². The quantitative estimate of drug-likeness (QED) is 0.378. The molecule has 0 saturated carbocycles. The number of nitrogens with one attached hydrogen (secondary N) is 1. The van der Waals surface area contributed by atoms with Crippen LogP contribution in [0.1, 0.15) is 11.5 Å². The van der Waals surface area contributed by atoms with E-state index in [4.69, 9.17) is 0 Å². The van der Waals surface area contributed by atoms with E-state index in [1.165, 1.54) is 6.07 Å². The second-order valence-corrected chi connectivity index (χ2v) is 11.2. The minimum Gasteiger partial charge on any atom is -0.292 e. The van der Waals surface area contributed by atoms with Crippen molar-refractivity contribution in [1.29, 1.82) is 0 Å². The van der Waals surface area contributed by atoms with Gasteiger partial charge in [0.2, 0.25) is 5.91 Å². The maximum Gasteiger partial charge on any atom is 0.256 e. The predicted octanol–water partition coefficient (Wildman–Crippen LogP) is 3.73. The minimum absolute atomic E-state index is 0.211.